The molecule has 0 N–H and O–H groups in total. The molecule has 0 fully saturated rings. The van der Waals surface area contributed by atoms with E-state index in [4.69, 9.17) is 9.47 Å². The van der Waals surface area contributed by atoms with E-state index < -0.39 is 5.97 Å². The van der Waals surface area contributed by atoms with Crippen LogP contribution < -0.4 is 4.74 Å². The van der Waals surface area contributed by atoms with Crippen LogP contribution in [0, 0.1) is 0 Å². The summed E-state index contributed by atoms with van der Waals surface area (Å²) in [6, 6.07) is 5.81. The van der Waals surface area contributed by atoms with Gasteiger partial charge < -0.3 is 14.0 Å². The third-order valence-corrected chi connectivity index (χ3v) is 4.05. The van der Waals surface area contributed by atoms with E-state index in [1.165, 1.54) is 0 Å². The highest BCUT2D eigenvalue weighted by Crippen LogP contribution is 2.30. The van der Waals surface area contributed by atoms with Crippen LogP contribution in [0.2, 0.25) is 0 Å². The maximum absolute atomic E-state index is 12.3. The summed E-state index contributed by atoms with van der Waals surface area (Å²) in [6.45, 7) is 2.10. The number of esters is 1. The minimum atomic E-state index is -0.394. The van der Waals surface area contributed by atoms with Crippen molar-refractivity contribution in [3.63, 3.8) is 0 Å². The van der Waals surface area contributed by atoms with Gasteiger partial charge in [-0.15, -0.1) is 11.8 Å². The molecule has 0 aliphatic carbocycles. The number of aryl methyl sites for hydroxylation is 1. The number of hydrogen-bond donors (Lipinski definition) is 0. The van der Waals surface area contributed by atoms with Gasteiger partial charge in [-0.3, -0.25) is 0 Å². The number of ether oxygens (including phenoxy) is 2. The number of thioether (sulfide) groups is 1. The number of benzene rings is 1. The lowest BCUT2D eigenvalue weighted by atomic mass is 10.1. The molecule has 0 aliphatic heterocycles. The summed E-state index contributed by atoms with van der Waals surface area (Å²) < 4.78 is 12.3. The van der Waals surface area contributed by atoms with Crippen molar-refractivity contribution in [2.45, 2.75) is 11.8 Å². The zero-order valence-electron chi connectivity index (χ0n) is 13.7. The Morgan fingerprint density at radius 1 is 1.43 bits per heavy atom. The Morgan fingerprint density at radius 3 is 2.78 bits per heavy atom. The number of carbonyl (C=O) groups excluding carboxylic acids is 1. The summed E-state index contributed by atoms with van der Waals surface area (Å²) in [6.07, 6.45) is 7.21. The van der Waals surface area contributed by atoms with Gasteiger partial charge in [0.2, 0.25) is 0 Å². The Balaban J connectivity index is 2.49. The van der Waals surface area contributed by atoms with Crippen molar-refractivity contribution in [3.05, 3.63) is 42.0 Å². The quantitative estimate of drug-likeness (QED) is 0.462. The van der Waals surface area contributed by atoms with E-state index in [0.717, 1.165) is 16.2 Å². The van der Waals surface area contributed by atoms with Gasteiger partial charge in [0, 0.05) is 24.3 Å². The van der Waals surface area contributed by atoms with E-state index in [1.54, 1.807) is 48.8 Å². The predicted octanol–water partition coefficient (Wildman–Crippen LogP) is 3.25. The molecule has 1 heterocycles. The van der Waals surface area contributed by atoms with Crippen LogP contribution >= 0.6 is 11.8 Å². The second kappa shape index (κ2) is 7.87. The molecular weight excluding hydrogens is 312 g/mol. The molecule has 1 aromatic heterocycles. The van der Waals surface area contributed by atoms with Crippen LogP contribution in [-0.4, -0.2) is 35.5 Å². The zero-order valence-corrected chi connectivity index (χ0v) is 14.5. The van der Waals surface area contributed by atoms with Gasteiger partial charge in [0.1, 0.15) is 17.1 Å². The van der Waals surface area contributed by atoms with Gasteiger partial charge in [0.15, 0.2) is 0 Å². The lowest BCUT2D eigenvalue weighted by molar-refractivity contribution is -0.136. The molecule has 23 heavy (non-hydrogen) atoms. The molecule has 0 saturated heterocycles. The highest BCUT2D eigenvalue weighted by Gasteiger charge is 2.17. The summed E-state index contributed by atoms with van der Waals surface area (Å²) in [4.78, 5) is 17.6. The lowest BCUT2D eigenvalue weighted by Crippen LogP contribution is -2.10. The first kappa shape index (κ1) is 17.1. The Kier molecular flexibility index (Phi) is 5.87. The van der Waals surface area contributed by atoms with Gasteiger partial charge in [0.05, 0.1) is 13.7 Å². The van der Waals surface area contributed by atoms with Crippen molar-refractivity contribution in [3.8, 4) is 5.75 Å². The van der Waals surface area contributed by atoms with Gasteiger partial charge in [-0.25, -0.2) is 9.78 Å². The first-order valence-electron chi connectivity index (χ1n) is 7.19. The number of carbonyl (C=O) groups is 1. The summed E-state index contributed by atoms with van der Waals surface area (Å²) in [7, 11) is 3.47. The SMILES string of the molecule is CCOC(=O)/C(=C/c1ccc(SC)c(OC)c1)c1nccn1C. The van der Waals surface area contributed by atoms with Gasteiger partial charge in [0.25, 0.3) is 0 Å². The number of hydrogen-bond acceptors (Lipinski definition) is 5. The van der Waals surface area contributed by atoms with Crippen LogP contribution in [0.15, 0.2) is 35.5 Å². The summed E-state index contributed by atoms with van der Waals surface area (Å²) >= 11 is 1.61. The molecule has 2 rings (SSSR count). The number of rotatable bonds is 6. The fraction of sp³-hybridized carbons (Fsp3) is 0.294. The minimum Gasteiger partial charge on any atom is -0.496 e. The Bertz CT molecular complexity index is 722. The number of methoxy groups -OCH3 is 1. The molecule has 0 amide bonds. The number of imidazole rings is 1. The molecule has 0 bridgehead atoms. The monoisotopic (exact) mass is 332 g/mol. The third-order valence-electron chi connectivity index (χ3n) is 3.28. The average Bonchev–Trinajstić information content (AvgIpc) is 2.98. The molecule has 5 nitrogen and oxygen atoms in total. The third kappa shape index (κ3) is 3.96. The highest BCUT2D eigenvalue weighted by atomic mass is 32.2. The molecule has 0 spiro atoms. The molecule has 0 aliphatic rings. The van der Waals surface area contributed by atoms with E-state index in [-0.39, 0.29) is 0 Å². The van der Waals surface area contributed by atoms with Crippen molar-refractivity contribution in [2.24, 2.45) is 7.05 Å². The summed E-state index contributed by atoms with van der Waals surface area (Å²) in [5.41, 5.74) is 1.27. The minimum absolute atomic E-state index is 0.315. The van der Waals surface area contributed by atoms with Crippen LogP contribution in [0.3, 0.4) is 0 Å². The molecular formula is C17H20N2O3S. The van der Waals surface area contributed by atoms with Crippen LogP contribution in [0.1, 0.15) is 18.3 Å². The normalized spacial score (nSPS) is 11.4. The molecule has 0 unspecified atom stereocenters. The van der Waals surface area contributed by atoms with Crippen molar-refractivity contribution in [1.29, 1.82) is 0 Å². The molecule has 0 radical (unpaired) electrons. The number of aromatic nitrogens is 2. The molecule has 0 saturated carbocycles. The van der Waals surface area contributed by atoms with Crippen molar-refractivity contribution >= 4 is 29.4 Å². The fourth-order valence-electron chi connectivity index (χ4n) is 2.16. The van der Waals surface area contributed by atoms with E-state index in [2.05, 4.69) is 4.98 Å². The van der Waals surface area contributed by atoms with Crippen molar-refractivity contribution in [2.75, 3.05) is 20.0 Å². The zero-order chi connectivity index (χ0) is 16.8. The standard InChI is InChI=1S/C17H20N2O3S/c1-5-22-17(20)13(16-18-8-9-19(16)2)10-12-6-7-15(23-4)14(11-12)21-3/h6-11H,5H2,1-4H3/b13-10+. The van der Waals surface area contributed by atoms with Crippen molar-refractivity contribution < 1.29 is 14.3 Å². The van der Waals surface area contributed by atoms with E-state index in [0.29, 0.717) is 18.0 Å². The molecule has 1 aromatic carbocycles. The second-order valence-corrected chi connectivity index (χ2v) is 5.60. The Hall–Kier alpha value is -2.21. The maximum atomic E-state index is 12.3. The van der Waals surface area contributed by atoms with Crippen LogP contribution in [0.5, 0.6) is 5.75 Å². The Labute approximate surface area is 140 Å². The van der Waals surface area contributed by atoms with E-state index >= 15 is 0 Å². The second-order valence-electron chi connectivity index (χ2n) is 4.75. The van der Waals surface area contributed by atoms with Gasteiger partial charge in [-0.1, -0.05) is 6.07 Å². The summed E-state index contributed by atoms with van der Waals surface area (Å²) in [5.74, 6) is 0.945. The van der Waals surface area contributed by atoms with Crippen LogP contribution in [0.25, 0.3) is 11.6 Å². The van der Waals surface area contributed by atoms with E-state index in [9.17, 15) is 4.79 Å². The van der Waals surface area contributed by atoms with Gasteiger partial charge >= 0.3 is 5.97 Å². The lowest BCUT2D eigenvalue weighted by Gasteiger charge is -2.09. The first-order valence-corrected chi connectivity index (χ1v) is 8.41. The largest absolute Gasteiger partial charge is 0.496 e. The average molecular weight is 332 g/mol. The van der Waals surface area contributed by atoms with Crippen LogP contribution in [-0.2, 0) is 16.6 Å². The fourth-order valence-corrected chi connectivity index (χ4v) is 2.71. The first-order chi connectivity index (χ1) is 11.1. The van der Waals surface area contributed by atoms with E-state index in [1.807, 2.05) is 31.5 Å². The number of nitrogens with zero attached hydrogens (tertiary/aromatic N) is 2. The smallest absolute Gasteiger partial charge is 0.341 e. The molecule has 6 heteroatoms. The van der Waals surface area contributed by atoms with Gasteiger partial charge in [-0.05, 0) is 37.0 Å². The Morgan fingerprint density at radius 2 is 2.22 bits per heavy atom. The van der Waals surface area contributed by atoms with Crippen molar-refractivity contribution in [1.82, 2.24) is 9.55 Å². The topological polar surface area (TPSA) is 53.4 Å². The highest BCUT2D eigenvalue weighted by molar-refractivity contribution is 7.98. The van der Waals surface area contributed by atoms with Crippen LogP contribution in [0.4, 0.5) is 0 Å². The van der Waals surface area contributed by atoms with Gasteiger partial charge in [-0.2, -0.15) is 0 Å². The molecule has 0 atom stereocenters. The molecule has 122 valence electrons. The maximum Gasteiger partial charge on any atom is 0.341 e. The predicted molar refractivity (Wildman–Crippen MR) is 92.5 cm³/mol. The summed E-state index contributed by atoms with van der Waals surface area (Å²) in [5, 5.41) is 0. The molecule has 2 aromatic rings.